The Kier molecular flexibility index (Phi) is 52.4. The summed E-state index contributed by atoms with van der Waals surface area (Å²) in [6, 6.07) is 0. The Morgan fingerprint density at radius 2 is 0.730 bits per heavy atom. The molecule has 0 saturated heterocycles. The number of quaternary nitrogens is 1. The quantitative estimate of drug-likeness (QED) is 0.0211. The fraction of sp³-hybridized carbons (Fsp3) is 0.719. The first kappa shape index (κ1) is 70.9. The summed E-state index contributed by atoms with van der Waals surface area (Å²) in [6.45, 7) is 4.22. The van der Waals surface area contributed by atoms with Crippen molar-refractivity contribution in [3.8, 4) is 0 Å². The van der Waals surface area contributed by atoms with Crippen LogP contribution in [0, 0.1) is 0 Å². The molecule has 0 aliphatic rings. The summed E-state index contributed by atoms with van der Waals surface area (Å²) < 4.78 is 34.6. The van der Waals surface area contributed by atoms with Crippen molar-refractivity contribution in [1.82, 2.24) is 0 Å². The number of unbranched alkanes of at least 4 members (excludes halogenated alkanes) is 24. The van der Waals surface area contributed by atoms with E-state index in [0.29, 0.717) is 17.4 Å². The minimum atomic E-state index is -4.39. The van der Waals surface area contributed by atoms with Crippen molar-refractivity contribution in [2.24, 2.45) is 0 Å². The molecule has 2 atom stereocenters. The van der Waals surface area contributed by atoms with Crippen molar-refractivity contribution < 1.29 is 42.1 Å². The first-order chi connectivity index (χ1) is 36.0. The van der Waals surface area contributed by atoms with E-state index in [-0.39, 0.29) is 32.0 Å². The van der Waals surface area contributed by atoms with Gasteiger partial charge in [0.1, 0.15) is 19.8 Å². The van der Waals surface area contributed by atoms with Gasteiger partial charge in [-0.3, -0.25) is 18.6 Å². The first-order valence-electron chi connectivity index (χ1n) is 30.0. The van der Waals surface area contributed by atoms with Gasteiger partial charge < -0.3 is 18.9 Å². The van der Waals surface area contributed by atoms with E-state index in [4.69, 9.17) is 18.5 Å². The summed E-state index contributed by atoms with van der Waals surface area (Å²) in [6.07, 6.45) is 74.7. The monoisotopic (exact) mass is 1050 g/mol. The van der Waals surface area contributed by atoms with Crippen molar-refractivity contribution in [3.05, 3.63) is 97.2 Å². The Labute approximate surface area is 455 Å². The Bertz CT molecular complexity index is 1570. The van der Waals surface area contributed by atoms with E-state index in [1.165, 1.54) is 122 Å². The standard InChI is InChI=1S/C64H112NO8P/c1-6-8-10-12-14-16-18-20-22-24-26-28-30-32-34-36-38-40-42-44-46-48-50-52-54-56-63(66)70-60-62(61-72-74(68,69)71-59-58-65(3,4)5)73-64(67)57-55-53-51-49-47-45-43-41-39-37-35-33-31-29-27-25-23-21-19-17-15-13-11-9-7-2/h8-11,14-17,20-23,26-29,62H,6-7,12-13,18-19,24-25,30-61H2,1-5H3/p+1/b10-8-,11-9-,16-14-,17-15-,22-20-,23-21-,28-26-,29-27-. The first-order valence-corrected chi connectivity index (χ1v) is 31.5. The number of nitrogens with zero attached hydrogens (tertiary/aromatic N) is 1. The molecule has 0 spiro atoms. The minimum Gasteiger partial charge on any atom is -0.462 e. The second kappa shape index (κ2) is 54.7. The van der Waals surface area contributed by atoms with Gasteiger partial charge in [0, 0.05) is 12.8 Å². The fourth-order valence-electron chi connectivity index (χ4n) is 8.06. The molecule has 2 unspecified atom stereocenters. The van der Waals surface area contributed by atoms with Crippen LogP contribution in [0.15, 0.2) is 97.2 Å². The van der Waals surface area contributed by atoms with Gasteiger partial charge in [-0.05, 0) is 89.9 Å². The van der Waals surface area contributed by atoms with Crippen LogP contribution in [0.25, 0.3) is 0 Å². The number of phosphoric acid groups is 1. The summed E-state index contributed by atoms with van der Waals surface area (Å²) in [4.78, 5) is 35.8. The van der Waals surface area contributed by atoms with Crippen LogP contribution < -0.4 is 0 Å². The molecule has 0 radical (unpaired) electrons. The van der Waals surface area contributed by atoms with E-state index in [1.54, 1.807) is 0 Å². The highest BCUT2D eigenvalue weighted by Crippen LogP contribution is 2.43. The van der Waals surface area contributed by atoms with Crippen molar-refractivity contribution in [3.63, 3.8) is 0 Å². The van der Waals surface area contributed by atoms with Gasteiger partial charge >= 0.3 is 19.8 Å². The second-order valence-electron chi connectivity index (χ2n) is 21.0. The molecule has 0 aliphatic carbocycles. The third-order valence-electron chi connectivity index (χ3n) is 12.6. The number of hydrogen-bond donors (Lipinski definition) is 1. The zero-order valence-corrected chi connectivity index (χ0v) is 49.2. The SMILES string of the molecule is CC/C=C\C/C=C\C/C=C\C/C=C\CCCCCCCCCCCCCCC(=O)OCC(COP(=O)(O)OCC[N+](C)(C)C)OC(=O)CCCCCCCCCCCCCC/C=C\C/C=C\C/C=C\C/C=C\CC. The van der Waals surface area contributed by atoms with Gasteiger partial charge in [-0.25, -0.2) is 4.57 Å². The highest BCUT2D eigenvalue weighted by Gasteiger charge is 2.27. The highest BCUT2D eigenvalue weighted by atomic mass is 31.2. The van der Waals surface area contributed by atoms with Crippen LogP contribution in [0.2, 0.25) is 0 Å². The fourth-order valence-corrected chi connectivity index (χ4v) is 8.80. The van der Waals surface area contributed by atoms with E-state index in [9.17, 15) is 19.0 Å². The number of carbonyl (C=O) groups is 2. The molecule has 9 nitrogen and oxygen atoms in total. The number of carbonyl (C=O) groups excluding carboxylic acids is 2. The maximum Gasteiger partial charge on any atom is 0.472 e. The molecule has 0 aromatic rings. The predicted molar refractivity (Wildman–Crippen MR) is 316 cm³/mol. The molecule has 0 amide bonds. The Balaban J connectivity index is 4.15. The molecule has 10 heteroatoms. The van der Waals surface area contributed by atoms with Crippen LogP contribution in [0.5, 0.6) is 0 Å². The van der Waals surface area contributed by atoms with Crippen molar-refractivity contribution in [1.29, 1.82) is 0 Å². The van der Waals surface area contributed by atoms with Crippen LogP contribution >= 0.6 is 7.82 Å². The number of hydrogen-bond acceptors (Lipinski definition) is 7. The van der Waals surface area contributed by atoms with Gasteiger partial charge in [0.2, 0.25) is 0 Å². The number of likely N-dealkylation sites (N-methyl/N-ethyl adjacent to an activating group) is 1. The lowest BCUT2D eigenvalue weighted by atomic mass is 10.0. The normalized spacial score (nSPS) is 14.0. The molecule has 0 saturated carbocycles. The summed E-state index contributed by atoms with van der Waals surface area (Å²) in [5.41, 5.74) is 0. The van der Waals surface area contributed by atoms with Crippen LogP contribution in [0.1, 0.15) is 245 Å². The molecule has 0 rings (SSSR count). The molecule has 0 fully saturated rings. The summed E-state index contributed by atoms with van der Waals surface area (Å²) in [7, 11) is 1.47. The van der Waals surface area contributed by atoms with Gasteiger partial charge in [0.05, 0.1) is 27.7 Å². The third kappa shape index (κ3) is 58.2. The topological polar surface area (TPSA) is 108 Å². The number of rotatable bonds is 54. The Hall–Kier alpha value is -3.07. The second-order valence-corrected chi connectivity index (χ2v) is 22.4. The molecular formula is C64H113NO8P+. The van der Waals surface area contributed by atoms with Crippen molar-refractivity contribution >= 4 is 19.8 Å². The highest BCUT2D eigenvalue weighted by molar-refractivity contribution is 7.47. The lowest BCUT2D eigenvalue weighted by Gasteiger charge is -2.24. The van der Waals surface area contributed by atoms with Crippen LogP contribution in [0.4, 0.5) is 0 Å². The molecule has 0 aliphatic heterocycles. The zero-order chi connectivity index (χ0) is 54.2. The lowest BCUT2D eigenvalue weighted by Crippen LogP contribution is -2.37. The smallest absolute Gasteiger partial charge is 0.462 e. The van der Waals surface area contributed by atoms with Crippen LogP contribution in [-0.2, 0) is 32.7 Å². The van der Waals surface area contributed by atoms with Crippen LogP contribution in [-0.4, -0.2) is 74.9 Å². The van der Waals surface area contributed by atoms with Gasteiger partial charge in [-0.2, -0.15) is 0 Å². The van der Waals surface area contributed by atoms with E-state index in [2.05, 4.69) is 111 Å². The predicted octanol–water partition coefficient (Wildman–Crippen LogP) is 18.8. The van der Waals surface area contributed by atoms with E-state index >= 15 is 0 Å². The van der Waals surface area contributed by atoms with E-state index in [0.717, 1.165) is 89.9 Å². The van der Waals surface area contributed by atoms with Gasteiger partial charge in [-0.15, -0.1) is 0 Å². The summed E-state index contributed by atoms with van der Waals surface area (Å²) >= 11 is 0. The number of ether oxygens (including phenoxy) is 2. The largest absolute Gasteiger partial charge is 0.472 e. The molecule has 74 heavy (non-hydrogen) atoms. The van der Waals surface area contributed by atoms with Gasteiger partial charge in [0.25, 0.3) is 0 Å². The molecule has 0 heterocycles. The van der Waals surface area contributed by atoms with Crippen molar-refractivity contribution in [2.75, 3.05) is 47.5 Å². The van der Waals surface area contributed by atoms with E-state index < -0.39 is 26.5 Å². The molecule has 1 N–H and O–H groups in total. The van der Waals surface area contributed by atoms with Crippen molar-refractivity contribution in [2.45, 2.75) is 251 Å². The maximum atomic E-state index is 12.8. The zero-order valence-electron chi connectivity index (χ0n) is 48.3. The molecule has 0 aromatic heterocycles. The average molecular weight is 1060 g/mol. The molecule has 426 valence electrons. The Morgan fingerprint density at radius 1 is 0.419 bits per heavy atom. The number of phosphoric ester groups is 1. The average Bonchev–Trinajstić information content (AvgIpc) is 3.36. The maximum absolute atomic E-state index is 12.8. The van der Waals surface area contributed by atoms with Gasteiger partial charge in [0.15, 0.2) is 6.10 Å². The lowest BCUT2D eigenvalue weighted by molar-refractivity contribution is -0.870. The minimum absolute atomic E-state index is 0.0273. The molecule has 0 aromatic carbocycles. The Morgan fingerprint density at radius 3 is 1.08 bits per heavy atom. The summed E-state index contributed by atoms with van der Waals surface area (Å²) in [5.74, 6) is -0.801. The van der Waals surface area contributed by atoms with Gasteiger partial charge in [-0.1, -0.05) is 239 Å². The van der Waals surface area contributed by atoms with E-state index in [1.807, 2.05) is 21.1 Å². The third-order valence-corrected chi connectivity index (χ3v) is 13.6. The summed E-state index contributed by atoms with van der Waals surface area (Å²) in [5, 5.41) is 0. The molecule has 0 bridgehead atoms. The van der Waals surface area contributed by atoms with Crippen LogP contribution in [0.3, 0.4) is 0 Å². The number of esters is 2. The number of allylic oxidation sites excluding steroid dienone is 16. The molecular weight excluding hydrogens is 942 g/mol.